The third kappa shape index (κ3) is 6.44. The van der Waals surface area contributed by atoms with Gasteiger partial charge >= 0.3 is 0 Å². The van der Waals surface area contributed by atoms with E-state index in [1.165, 1.54) is 0 Å². The number of unbranched alkanes of at least 4 members (excludes halogenated alkanes) is 1. The molecule has 0 aliphatic rings. The van der Waals surface area contributed by atoms with Crippen LogP contribution in [0.2, 0.25) is 0 Å². The highest BCUT2D eigenvalue weighted by Crippen LogP contribution is 2.18. The average molecular weight is 417 g/mol. The summed E-state index contributed by atoms with van der Waals surface area (Å²) in [6.45, 7) is 3.24. The van der Waals surface area contributed by atoms with Crippen LogP contribution in [-0.4, -0.2) is 30.4 Å². The number of rotatable bonds is 9. The molecule has 0 unspecified atom stereocenters. The Morgan fingerprint density at radius 3 is 2.42 bits per heavy atom. The molecule has 0 radical (unpaired) electrons. The molecule has 31 heavy (non-hydrogen) atoms. The largest absolute Gasteiger partial charge is 0.494 e. The predicted octanol–water partition coefficient (Wildman–Crippen LogP) is 5.39. The highest BCUT2D eigenvalue weighted by Gasteiger charge is 2.14. The number of ether oxygens (including phenoxy) is 1. The van der Waals surface area contributed by atoms with E-state index >= 15 is 0 Å². The van der Waals surface area contributed by atoms with E-state index in [2.05, 4.69) is 12.2 Å². The van der Waals surface area contributed by atoms with Gasteiger partial charge in [-0.3, -0.25) is 9.59 Å². The summed E-state index contributed by atoms with van der Waals surface area (Å²) in [6, 6.07) is 23.9. The number of nitrogens with one attached hydrogen (secondary N) is 1. The number of carbonyl (C=O) groups is 2. The summed E-state index contributed by atoms with van der Waals surface area (Å²) in [7, 11) is 1.77. The Labute approximate surface area is 183 Å². The second-order valence-electron chi connectivity index (χ2n) is 7.41. The minimum atomic E-state index is -0.247. The van der Waals surface area contributed by atoms with E-state index in [-0.39, 0.29) is 11.8 Å². The normalized spacial score (nSPS) is 10.4. The number of amides is 2. The monoisotopic (exact) mass is 416 g/mol. The second kappa shape index (κ2) is 11.0. The van der Waals surface area contributed by atoms with Crippen LogP contribution in [0.3, 0.4) is 0 Å². The van der Waals surface area contributed by atoms with Gasteiger partial charge in [-0.25, -0.2) is 0 Å². The third-order valence-electron chi connectivity index (χ3n) is 4.84. The molecule has 160 valence electrons. The van der Waals surface area contributed by atoms with Gasteiger partial charge in [-0.05, 0) is 48.4 Å². The van der Waals surface area contributed by atoms with E-state index in [4.69, 9.17) is 4.74 Å². The van der Waals surface area contributed by atoms with Crippen molar-refractivity contribution in [3.8, 4) is 5.75 Å². The predicted molar refractivity (Wildman–Crippen MR) is 123 cm³/mol. The van der Waals surface area contributed by atoms with Gasteiger partial charge in [0.1, 0.15) is 5.75 Å². The fourth-order valence-corrected chi connectivity index (χ4v) is 3.14. The Hall–Kier alpha value is -3.60. The Kier molecular flexibility index (Phi) is 7.82. The van der Waals surface area contributed by atoms with E-state index in [0.717, 1.165) is 18.4 Å². The molecule has 3 rings (SSSR count). The molecular weight excluding hydrogens is 388 g/mol. The van der Waals surface area contributed by atoms with Crippen LogP contribution in [0.4, 0.5) is 5.69 Å². The summed E-state index contributed by atoms with van der Waals surface area (Å²) in [4.78, 5) is 27.2. The second-order valence-corrected chi connectivity index (χ2v) is 7.41. The van der Waals surface area contributed by atoms with Crippen LogP contribution in [0, 0.1) is 0 Å². The van der Waals surface area contributed by atoms with Crippen LogP contribution in [0.25, 0.3) is 0 Å². The topological polar surface area (TPSA) is 58.6 Å². The van der Waals surface area contributed by atoms with Gasteiger partial charge in [0.2, 0.25) is 0 Å². The number of carbonyl (C=O) groups excluding carboxylic acids is 2. The highest BCUT2D eigenvalue weighted by molar-refractivity contribution is 6.05. The maximum atomic E-state index is 12.8. The number of anilines is 1. The van der Waals surface area contributed by atoms with Crippen LogP contribution in [-0.2, 0) is 6.54 Å². The van der Waals surface area contributed by atoms with Crippen LogP contribution >= 0.6 is 0 Å². The van der Waals surface area contributed by atoms with Crippen LogP contribution in [0.1, 0.15) is 46.0 Å². The molecule has 0 aliphatic heterocycles. The zero-order chi connectivity index (χ0) is 22.1. The molecule has 3 aromatic rings. The van der Waals surface area contributed by atoms with Crippen molar-refractivity contribution in [2.75, 3.05) is 19.0 Å². The number of hydrogen-bond acceptors (Lipinski definition) is 3. The lowest BCUT2D eigenvalue weighted by atomic mass is 10.1. The highest BCUT2D eigenvalue weighted by atomic mass is 16.5. The van der Waals surface area contributed by atoms with Crippen molar-refractivity contribution in [1.82, 2.24) is 4.90 Å². The van der Waals surface area contributed by atoms with Crippen molar-refractivity contribution < 1.29 is 14.3 Å². The molecule has 0 aromatic heterocycles. The minimum Gasteiger partial charge on any atom is -0.494 e. The van der Waals surface area contributed by atoms with Gasteiger partial charge in [0, 0.05) is 30.4 Å². The summed E-state index contributed by atoms with van der Waals surface area (Å²) in [5.74, 6) is 0.321. The van der Waals surface area contributed by atoms with Gasteiger partial charge in [-0.15, -0.1) is 0 Å². The van der Waals surface area contributed by atoms with E-state index < -0.39 is 0 Å². The first-order valence-corrected chi connectivity index (χ1v) is 10.5. The lowest BCUT2D eigenvalue weighted by Gasteiger charge is -2.18. The molecule has 0 saturated heterocycles. The summed E-state index contributed by atoms with van der Waals surface area (Å²) in [5.41, 5.74) is 2.66. The molecule has 0 spiro atoms. The Bertz CT molecular complexity index is 1020. The Morgan fingerprint density at radius 2 is 1.65 bits per heavy atom. The molecule has 5 nitrogen and oxygen atoms in total. The van der Waals surface area contributed by atoms with Gasteiger partial charge in [-0.2, -0.15) is 0 Å². The van der Waals surface area contributed by atoms with E-state index in [1.54, 1.807) is 54.4 Å². The van der Waals surface area contributed by atoms with Gasteiger partial charge in [0.15, 0.2) is 0 Å². The smallest absolute Gasteiger partial charge is 0.255 e. The number of hydrogen-bond donors (Lipinski definition) is 1. The maximum Gasteiger partial charge on any atom is 0.255 e. The molecule has 1 N–H and O–H groups in total. The SMILES string of the molecule is CCCCOc1cccc(C(=O)Nc2cccc(C(=O)N(C)Cc3ccccc3)c2)c1. The molecule has 0 fully saturated rings. The molecule has 0 atom stereocenters. The fourth-order valence-electron chi connectivity index (χ4n) is 3.14. The van der Waals surface area contributed by atoms with Crippen molar-refractivity contribution in [3.63, 3.8) is 0 Å². The Balaban J connectivity index is 1.65. The maximum absolute atomic E-state index is 12.8. The zero-order valence-corrected chi connectivity index (χ0v) is 18.0. The van der Waals surface area contributed by atoms with E-state index in [0.29, 0.717) is 35.7 Å². The standard InChI is InChI=1S/C26H28N2O3/c1-3-4-16-31-24-15-9-12-21(18-24)25(29)27-23-14-8-13-22(17-23)26(30)28(2)19-20-10-6-5-7-11-20/h5-15,17-18H,3-4,16,19H2,1-2H3,(H,27,29). The number of benzene rings is 3. The zero-order valence-electron chi connectivity index (χ0n) is 18.0. The molecule has 5 heteroatoms. The first kappa shape index (κ1) is 22.1. The fraction of sp³-hybridized carbons (Fsp3) is 0.231. The molecule has 0 aliphatic carbocycles. The lowest BCUT2D eigenvalue weighted by Crippen LogP contribution is -2.26. The molecular formula is C26H28N2O3. The summed E-state index contributed by atoms with van der Waals surface area (Å²) in [5, 5.41) is 2.87. The summed E-state index contributed by atoms with van der Waals surface area (Å²) >= 11 is 0. The minimum absolute atomic E-state index is 0.105. The van der Waals surface area contributed by atoms with Crippen molar-refractivity contribution in [2.24, 2.45) is 0 Å². The lowest BCUT2D eigenvalue weighted by molar-refractivity contribution is 0.0784. The third-order valence-corrected chi connectivity index (χ3v) is 4.84. The van der Waals surface area contributed by atoms with Crippen LogP contribution < -0.4 is 10.1 Å². The number of nitrogens with zero attached hydrogens (tertiary/aromatic N) is 1. The van der Waals surface area contributed by atoms with E-state index in [1.807, 2.05) is 36.4 Å². The molecule has 0 heterocycles. The first-order valence-electron chi connectivity index (χ1n) is 10.5. The molecule has 3 aromatic carbocycles. The van der Waals surface area contributed by atoms with Crippen molar-refractivity contribution in [2.45, 2.75) is 26.3 Å². The van der Waals surface area contributed by atoms with Gasteiger partial charge in [0.25, 0.3) is 11.8 Å². The summed E-state index contributed by atoms with van der Waals surface area (Å²) in [6.07, 6.45) is 2.02. The quantitative estimate of drug-likeness (QED) is 0.476. The van der Waals surface area contributed by atoms with Crippen LogP contribution in [0.15, 0.2) is 78.9 Å². The average Bonchev–Trinajstić information content (AvgIpc) is 2.80. The summed E-state index contributed by atoms with van der Waals surface area (Å²) < 4.78 is 5.68. The molecule has 0 saturated carbocycles. The van der Waals surface area contributed by atoms with Gasteiger partial charge in [-0.1, -0.05) is 55.8 Å². The van der Waals surface area contributed by atoms with E-state index in [9.17, 15) is 9.59 Å². The van der Waals surface area contributed by atoms with Crippen molar-refractivity contribution >= 4 is 17.5 Å². The van der Waals surface area contributed by atoms with Crippen molar-refractivity contribution in [3.05, 3.63) is 95.6 Å². The van der Waals surface area contributed by atoms with Crippen molar-refractivity contribution in [1.29, 1.82) is 0 Å². The molecule has 2 amide bonds. The van der Waals surface area contributed by atoms with Gasteiger partial charge in [0.05, 0.1) is 6.61 Å². The molecule has 0 bridgehead atoms. The Morgan fingerprint density at radius 1 is 0.903 bits per heavy atom. The van der Waals surface area contributed by atoms with Crippen LogP contribution in [0.5, 0.6) is 5.75 Å². The van der Waals surface area contributed by atoms with Gasteiger partial charge < -0.3 is 15.0 Å². The first-order chi connectivity index (χ1) is 15.1.